The molecule has 4 nitrogen and oxygen atoms in total. The van der Waals surface area contributed by atoms with Gasteiger partial charge in [-0.2, -0.15) is 0 Å². The van der Waals surface area contributed by atoms with Crippen molar-refractivity contribution in [1.82, 2.24) is 4.98 Å². The first-order chi connectivity index (χ1) is 9.15. The van der Waals surface area contributed by atoms with Gasteiger partial charge in [-0.25, -0.2) is 4.98 Å². The van der Waals surface area contributed by atoms with Crippen LogP contribution in [-0.4, -0.2) is 10.9 Å². The van der Waals surface area contributed by atoms with E-state index in [-0.39, 0.29) is 5.91 Å². The number of benzene rings is 1. The molecule has 2 rings (SSSR count). The second-order valence-electron chi connectivity index (χ2n) is 4.10. The number of nitrogen functional groups attached to an aromatic ring is 1. The Morgan fingerprint density at radius 3 is 2.63 bits per heavy atom. The summed E-state index contributed by atoms with van der Waals surface area (Å²) in [5.74, 6) is 0.273. The molecule has 0 bridgehead atoms. The average molecular weight is 253 g/mol. The zero-order valence-corrected chi connectivity index (χ0v) is 10.6. The monoisotopic (exact) mass is 253 g/mol. The largest absolute Gasteiger partial charge is 0.397 e. The zero-order valence-electron chi connectivity index (χ0n) is 10.6. The second-order valence-corrected chi connectivity index (χ2v) is 4.10. The van der Waals surface area contributed by atoms with Crippen LogP contribution in [0.2, 0.25) is 0 Å². The van der Waals surface area contributed by atoms with E-state index in [1.165, 1.54) is 6.08 Å². The van der Waals surface area contributed by atoms with E-state index in [9.17, 15) is 4.79 Å². The number of rotatable bonds is 3. The van der Waals surface area contributed by atoms with E-state index in [1.54, 1.807) is 25.1 Å². The molecular formula is C15H15N3O. The molecule has 1 aromatic heterocycles. The van der Waals surface area contributed by atoms with Gasteiger partial charge in [-0.05, 0) is 30.7 Å². The third-order valence-electron chi connectivity index (χ3n) is 2.60. The van der Waals surface area contributed by atoms with Crippen LogP contribution in [0.3, 0.4) is 0 Å². The van der Waals surface area contributed by atoms with E-state index < -0.39 is 0 Å². The maximum absolute atomic E-state index is 11.7. The Balaban J connectivity index is 2.01. The quantitative estimate of drug-likeness (QED) is 0.826. The molecule has 0 saturated carbocycles. The van der Waals surface area contributed by atoms with Gasteiger partial charge >= 0.3 is 0 Å². The molecule has 19 heavy (non-hydrogen) atoms. The van der Waals surface area contributed by atoms with Crippen LogP contribution < -0.4 is 11.1 Å². The number of aromatic nitrogens is 1. The number of carbonyl (C=O) groups is 1. The third kappa shape index (κ3) is 3.67. The molecule has 0 spiro atoms. The lowest BCUT2D eigenvalue weighted by Crippen LogP contribution is -2.10. The lowest BCUT2D eigenvalue weighted by Gasteiger charge is -2.04. The Morgan fingerprint density at radius 2 is 1.95 bits per heavy atom. The molecule has 1 amide bonds. The summed E-state index contributed by atoms with van der Waals surface area (Å²) >= 11 is 0. The van der Waals surface area contributed by atoms with E-state index in [2.05, 4.69) is 10.3 Å². The van der Waals surface area contributed by atoms with Crippen molar-refractivity contribution >= 4 is 23.5 Å². The Labute approximate surface area is 112 Å². The zero-order chi connectivity index (χ0) is 13.7. The van der Waals surface area contributed by atoms with Crippen LogP contribution in [0.25, 0.3) is 6.08 Å². The van der Waals surface area contributed by atoms with Crippen LogP contribution in [0, 0.1) is 6.92 Å². The molecule has 3 N–H and O–H groups in total. The molecule has 2 aromatic rings. The predicted octanol–water partition coefficient (Wildman–Crippen LogP) is 2.62. The van der Waals surface area contributed by atoms with Crippen LogP contribution in [-0.2, 0) is 4.79 Å². The minimum atomic E-state index is -0.222. The highest BCUT2D eigenvalue weighted by atomic mass is 16.1. The number of aryl methyl sites for hydroxylation is 1. The van der Waals surface area contributed by atoms with Gasteiger partial charge in [0.2, 0.25) is 5.91 Å². The van der Waals surface area contributed by atoms with Crippen LogP contribution in [0.4, 0.5) is 11.5 Å². The first-order valence-corrected chi connectivity index (χ1v) is 5.92. The third-order valence-corrected chi connectivity index (χ3v) is 2.60. The molecule has 0 fully saturated rings. The SMILES string of the molecule is Cc1nc(NC(=O)/C=C/c2ccccc2)ccc1N. The molecule has 1 aromatic carbocycles. The van der Waals surface area contributed by atoms with Crippen molar-refractivity contribution in [3.63, 3.8) is 0 Å². The van der Waals surface area contributed by atoms with Crippen LogP contribution in [0.1, 0.15) is 11.3 Å². The van der Waals surface area contributed by atoms with Crippen molar-refractivity contribution in [3.05, 3.63) is 59.8 Å². The molecule has 0 unspecified atom stereocenters. The molecule has 0 aliphatic heterocycles. The van der Waals surface area contributed by atoms with Gasteiger partial charge in [0.05, 0.1) is 11.4 Å². The molecule has 4 heteroatoms. The van der Waals surface area contributed by atoms with Gasteiger partial charge in [-0.1, -0.05) is 30.3 Å². The maximum atomic E-state index is 11.7. The lowest BCUT2D eigenvalue weighted by atomic mass is 10.2. The number of anilines is 2. The summed E-state index contributed by atoms with van der Waals surface area (Å²) in [4.78, 5) is 15.9. The van der Waals surface area contributed by atoms with Crippen molar-refractivity contribution in [1.29, 1.82) is 0 Å². The molecule has 0 saturated heterocycles. The van der Waals surface area contributed by atoms with E-state index in [1.807, 2.05) is 30.3 Å². The maximum Gasteiger partial charge on any atom is 0.249 e. The van der Waals surface area contributed by atoms with Gasteiger partial charge < -0.3 is 11.1 Å². The number of amides is 1. The molecule has 1 heterocycles. The lowest BCUT2D eigenvalue weighted by molar-refractivity contribution is -0.111. The second kappa shape index (κ2) is 5.82. The number of hydrogen-bond acceptors (Lipinski definition) is 3. The summed E-state index contributed by atoms with van der Waals surface area (Å²) in [6.45, 7) is 1.80. The van der Waals surface area contributed by atoms with Crippen molar-refractivity contribution in [3.8, 4) is 0 Å². The summed E-state index contributed by atoms with van der Waals surface area (Å²) in [7, 11) is 0. The number of hydrogen-bond donors (Lipinski definition) is 2. The number of nitrogens with two attached hydrogens (primary N) is 1. The van der Waals surface area contributed by atoms with E-state index in [4.69, 9.17) is 5.73 Å². The highest BCUT2D eigenvalue weighted by Crippen LogP contribution is 2.11. The Bertz CT molecular complexity index is 606. The van der Waals surface area contributed by atoms with Crippen molar-refractivity contribution in [2.45, 2.75) is 6.92 Å². The van der Waals surface area contributed by atoms with Gasteiger partial charge in [0.15, 0.2) is 0 Å². The van der Waals surface area contributed by atoms with Crippen molar-refractivity contribution < 1.29 is 4.79 Å². The van der Waals surface area contributed by atoms with Gasteiger partial charge in [0, 0.05) is 6.08 Å². The predicted molar refractivity (Wildman–Crippen MR) is 77.5 cm³/mol. The summed E-state index contributed by atoms with van der Waals surface area (Å²) in [5, 5.41) is 2.69. The fourth-order valence-electron chi connectivity index (χ4n) is 1.55. The Hall–Kier alpha value is -2.62. The van der Waals surface area contributed by atoms with Crippen molar-refractivity contribution in [2.24, 2.45) is 0 Å². The number of carbonyl (C=O) groups excluding carboxylic acids is 1. The Kier molecular flexibility index (Phi) is 3.93. The van der Waals surface area contributed by atoms with Crippen LogP contribution >= 0.6 is 0 Å². The topological polar surface area (TPSA) is 68.0 Å². The van der Waals surface area contributed by atoms with Gasteiger partial charge in [0.1, 0.15) is 5.82 Å². The van der Waals surface area contributed by atoms with E-state index in [0.717, 1.165) is 5.56 Å². The van der Waals surface area contributed by atoms with Gasteiger partial charge in [-0.15, -0.1) is 0 Å². The van der Waals surface area contributed by atoms with Crippen LogP contribution in [0.15, 0.2) is 48.5 Å². The first kappa shape index (κ1) is 12.8. The van der Waals surface area contributed by atoms with Crippen LogP contribution in [0.5, 0.6) is 0 Å². The first-order valence-electron chi connectivity index (χ1n) is 5.92. The number of pyridine rings is 1. The fraction of sp³-hybridized carbons (Fsp3) is 0.0667. The summed E-state index contributed by atoms with van der Waals surface area (Å²) in [5.41, 5.74) is 7.94. The highest BCUT2D eigenvalue weighted by molar-refractivity contribution is 6.01. The highest BCUT2D eigenvalue weighted by Gasteiger charge is 2.01. The molecule has 0 aliphatic rings. The molecule has 0 radical (unpaired) electrons. The van der Waals surface area contributed by atoms with Crippen molar-refractivity contribution in [2.75, 3.05) is 11.1 Å². The number of nitrogens with one attached hydrogen (secondary N) is 1. The summed E-state index contributed by atoms with van der Waals surface area (Å²) in [6.07, 6.45) is 3.22. The average Bonchev–Trinajstić information content (AvgIpc) is 2.42. The fourth-order valence-corrected chi connectivity index (χ4v) is 1.55. The van der Waals surface area contributed by atoms with Gasteiger partial charge in [0.25, 0.3) is 0 Å². The molecule has 96 valence electrons. The van der Waals surface area contributed by atoms with Gasteiger partial charge in [-0.3, -0.25) is 4.79 Å². The van der Waals surface area contributed by atoms with E-state index in [0.29, 0.717) is 17.2 Å². The standard InChI is InChI=1S/C15H15N3O/c1-11-13(16)8-9-14(17-11)18-15(19)10-7-12-5-3-2-4-6-12/h2-10H,16H2,1H3,(H,17,18,19)/b10-7+. The smallest absolute Gasteiger partial charge is 0.249 e. The molecule has 0 aliphatic carbocycles. The minimum absolute atomic E-state index is 0.222. The summed E-state index contributed by atoms with van der Waals surface area (Å²) < 4.78 is 0. The molecular weight excluding hydrogens is 238 g/mol. The van der Waals surface area contributed by atoms with E-state index >= 15 is 0 Å². The number of nitrogens with zero attached hydrogens (tertiary/aromatic N) is 1. The normalized spacial score (nSPS) is 10.6. The Morgan fingerprint density at radius 1 is 1.21 bits per heavy atom. The molecule has 0 atom stereocenters. The summed E-state index contributed by atoms with van der Waals surface area (Å²) in [6, 6.07) is 13.0. The minimum Gasteiger partial charge on any atom is -0.397 e.